The van der Waals surface area contributed by atoms with Crippen LogP contribution in [-0.2, 0) is 23.8 Å². The average molecular weight is 800 g/mol. The molecule has 0 aromatic heterocycles. The minimum absolute atomic E-state index is 0.0674. The largest absolute Gasteiger partial charge is 0.392 e. The van der Waals surface area contributed by atoms with E-state index in [0.717, 1.165) is 12.8 Å². The summed E-state index contributed by atoms with van der Waals surface area (Å²) in [7, 11) is 1.66. The lowest BCUT2D eigenvalue weighted by molar-refractivity contribution is -0.344. The molecule has 1 amide bonds. The smallest absolute Gasteiger partial charge is 0.240 e. The Balaban J connectivity index is 1.21. The Morgan fingerprint density at radius 3 is 2.56 bits per heavy atom. The van der Waals surface area contributed by atoms with E-state index >= 15 is 0 Å². The van der Waals surface area contributed by atoms with E-state index in [-0.39, 0.29) is 62.1 Å². The van der Waals surface area contributed by atoms with Gasteiger partial charge in [-0.3, -0.25) is 14.9 Å². The fraction of sp³-hybridized carbons (Fsp3) is 0.860. The number of hydrogen-bond acceptors (Lipinski definition) is 13. The molecular weight excluding hydrogens is 734 g/mol. The number of aliphatic hydroxyl groups excluding tert-OH is 2. The van der Waals surface area contributed by atoms with Crippen molar-refractivity contribution in [3.63, 3.8) is 0 Å². The average Bonchev–Trinajstić information content (AvgIpc) is 3.73. The number of amides is 1. The van der Waals surface area contributed by atoms with E-state index < -0.39 is 81.6 Å². The number of nitrogens with one attached hydrogen (secondary N) is 2. The third-order valence-corrected chi connectivity index (χ3v) is 16.6. The van der Waals surface area contributed by atoms with Crippen LogP contribution >= 0.6 is 0 Å². The fourth-order valence-corrected chi connectivity index (χ4v) is 13.1. The van der Waals surface area contributed by atoms with Crippen molar-refractivity contribution < 1.29 is 54.4 Å². The zero-order valence-electron chi connectivity index (χ0n) is 34.2. The van der Waals surface area contributed by atoms with E-state index in [1.807, 2.05) is 6.92 Å². The van der Waals surface area contributed by atoms with Crippen LogP contribution in [0, 0.1) is 51.8 Å². The number of allylic oxidation sites excluding steroid dienone is 1. The summed E-state index contributed by atoms with van der Waals surface area (Å²) in [4.78, 5) is 30.2. The first-order chi connectivity index (χ1) is 26.9. The summed E-state index contributed by atoms with van der Waals surface area (Å²) in [5, 5.41) is 78.6. The number of nitrogens with zero attached hydrogens (tertiary/aromatic N) is 1. The molecule has 1 spiro atoms. The second-order valence-corrected chi connectivity index (χ2v) is 19.6. The quantitative estimate of drug-likeness (QED) is 0.0687. The second-order valence-electron chi connectivity index (χ2n) is 19.6. The lowest BCUT2D eigenvalue weighted by Crippen LogP contribution is -2.70. The molecule has 3 saturated carbocycles. The Kier molecular flexibility index (Phi) is 10.7. The minimum atomic E-state index is -2.89. The number of aliphatic hydroxyl groups is 6. The number of ketones is 1. The van der Waals surface area contributed by atoms with Crippen LogP contribution in [0.1, 0.15) is 91.9 Å². The maximum atomic E-state index is 14.5. The van der Waals surface area contributed by atoms with Crippen LogP contribution < -0.4 is 10.6 Å². The van der Waals surface area contributed by atoms with E-state index in [2.05, 4.69) is 29.4 Å². The molecule has 318 valence electrons. The zero-order chi connectivity index (χ0) is 40.9. The molecule has 7 bridgehead atoms. The number of methoxy groups -OCH3 is 1. The van der Waals surface area contributed by atoms with E-state index in [9.17, 15) is 40.2 Å². The highest BCUT2D eigenvalue weighted by molar-refractivity contribution is 5.95. The molecule has 3 saturated heterocycles. The normalized spacial score (nSPS) is 48.9. The van der Waals surface area contributed by atoms with Crippen molar-refractivity contribution in [1.82, 2.24) is 15.5 Å². The number of hydrogen-bond donors (Lipinski definition) is 8. The molecule has 0 radical (unpaired) electrons. The van der Waals surface area contributed by atoms with Crippen molar-refractivity contribution in [3.8, 4) is 11.8 Å². The molecule has 0 aromatic carbocycles. The summed E-state index contributed by atoms with van der Waals surface area (Å²) in [5.74, 6) is 1.63. The van der Waals surface area contributed by atoms with Crippen LogP contribution in [-0.4, -0.2) is 147 Å². The van der Waals surface area contributed by atoms with Gasteiger partial charge in [-0.05, 0) is 94.6 Å². The number of piperidine rings is 1. The highest BCUT2D eigenvalue weighted by atomic mass is 16.6. The predicted octanol–water partition coefficient (Wildman–Crippen LogP) is 0.352. The minimum Gasteiger partial charge on any atom is -0.392 e. The van der Waals surface area contributed by atoms with Gasteiger partial charge in [0.25, 0.3) is 0 Å². The van der Waals surface area contributed by atoms with Crippen LogP contribution in [0.5, 0.6) is 0 Å². The van der Waals surface area contributed by atoms with Gasteiger partial charge in [0.1, 0.15) is 24.0 Å². The molecule has 57 heavy (non-hydrogen) atoms. The first-order valence-corrected chi connectivity index (χ1v) is 21.4. The molecule has 0 aromatic rings. The van der Waals surface area contributed by atoms with Gasteiger partial charge in [-0.2, -0.15) is 0 Å². The van der Waals surface area contributed by atoms with Crippen molar-refractivity contribution in [3.05, 3.63) is 11.6 Å². The molecule has 6 fully saturated rings. The summed E-state index contributed by atoms with van der Waals surface area (Å²) in [5.41, 5.74) is -5.93. The Morgan fingerprint density at radius 2 is 1.82 bits per heavy atom. The molecule has 5 aliphatic heterocycles. The third kappa shape index (κ3) is 6.24. The van der Waals surface area contributed by atoms with E-state index in [1.165, 1.54) is 6.92 Å². The first-order valence-electron chi connectivity index (χ1n) is 21.4. The standard InChI is InChI=1S/C43H65N3O11/c1-24(47)21-44-22-28-27-19-30-37(50)46-23-25(46)8-6-11-41-15-14-39(3)32(40(4,51)43(53,54)35(28)57-34(27)36(49)45-30)10-13-42(39,52)33(41)20-31(48)29-18-26(9-12-38(29,41)2)56-17-7-16-55-5/h20,24-30,32,34-36,44-45,47,49,51-54H,7-10,12-19,21-23H2,1-5H3. The fourth-order valence-electron chi connectivity index (χ4n) is 13.1. The van der Waals surface area contributed by atoms with Crippen LogP contribution in [0.25, 0.3) is 0 Å². The van der Waals surface area contributed by atoms with Crippen LogP contribution in [0.3, 0.4) is 0 Å². The van der Waals surface area contributed by atoms with Gasteiger partial charge in [-0.25, -0.2) is 0 Å². The maximum absolute atomic E-state index is 14.5. The maximum Gasteiger partial charge on any atom is 0.240 e. The summed E-state index contributed by atoms with van der Waals surface area (Å²) in [6.45, 7) is 9.09. The molecule has 9 aliphatic rings. The van der Waals surface area contributed by atoms with Crippen molar-refractivity contribution in [2.75, 3.05) is 40.0 Å². The number of ether oxygens (including phenoxy) is 3. The predicted molar refractivity (Wildman–Crippen MR) is 206 cm³/mol. The van der Waals surface area contributed by atoms with Gasteiger partial charge < -0.3 is 55.1 Å². The molecule has 16 atom stereocenters. The van der Waals surface area contributed by atoms with Crippen LogP contribution in [0.4, 0.5) is 0 Å². The second kappa shape index (κ2) is 14.6. The monoisotopic (exact) mass is 799 g/mol. The molecule has 14 nitrogen and oxygen atoms in total. The first kappa shape index (κ1) is 41.7. The van der Waals surface area contributed by atoms with Gasteiger partial charge in [0.05, 0.1) is 35.3 Å². The number of carbonyl (C=O) groups is 2. The highest BCUT2D eigenvalue weighted by Gasteiger charge is 2.75. The van der Waals surface area contributed by atoms with Gasteiger partial charge in [0, 0.05) is 69.5 Å². The van der Waals surface area contributed by atoms with Crippen molar-refractivity contribution >= 4 is 11.7 Å². The lowest BCUT2D eigenvalue weighted by atomic mass is 9.39. The zero-order valence-corrected chi connectivity index (χ0v) is 34.2. The van der Waals surface area contributed by atoms with Gasteiger partial charge >= 0.3 is 0 Å². The topological polar surface area (TPSA) is 210 Å². The highest BCUT2D eigenvalue weighted by Crippen LogP contribution is 2.73. The number of rotatable bonds is 9. The van der Waals surface area contributed by atoms with Gasteiger partial charge in [0.15, 0.2) is 5.78 Å². The van der Waals surface area contributed by atoms with Gasteiger partial charge in [0.2, 0.25) is 11.7 Å². The molecule has 4 aliphatic carbocycles. The molecule has 8 N–H and O–H groups in total. The number of carbonyl (C=O) groups excluding carboxylic acids is 2. The molecule has 14 heteroatoms. The van der Waals surface area contributed by atoms with Crippen molar-refractivity contribution in [1.29, 1.82) is 0 Å². The lowest BCUT2D eigenvalue weighted by Gasteiger charge is -2.64. The molecular formula is C43H65N3O11. The molecule has 16 unspecified atom stereocenters. The van der Waals surface area contributed by atoms with E-state index in [1.54, 1.807) is 25.0 Å². The summed E-state index contributed by atoms with van der Waals surface area (Å²) in [6, 6.07) is -0.883. The third-order valence-electron chi connectivity index (χ3n) is 16.6. The summed E-state index contributed by atoms with van der Waals surface area (Å²) in [6.07, 6.45) is 1.92. The summed E-state index contributed by atoms with van der Waals surface area (Å²) >= 11 is 0. The summed E-state index contributed by atoms with van der Waals surface area (Å²) < 4.78 is 17.9. The van der Waals surface area contributed by atoms with Gasteiger partial charge in [-0.15, -0.1) is 5.92 Å². The molecule has 5 heterocycles. The Bertz CT molecular complexity index is 1690. The SMILES string of the molecule is COCCCOC1CCC2(C)C(C1)C(=O)C=C1C3(O)CCC4C(C)(O)C(O)(O)C5OC6C(O)NC(CC6C5CNCC(C)O)C(=O)N5CC5CC#CC12CCC43C. The van der Waals surface area contributed by atoms with E-state index in [4.69, 9.17) is 14.2 Å². The Hall–Kier alpha value is -2.00. The number of fused-ring (bicyclic) bond motifs is 4. The Morgan fingerprint density at radius 1 is 1.05 bits per heavy atom. The van der Waals surface area contributed by atoms with Crippen molar-refractivity contribution in [2.24, 2.45) is 39.9 Å². The van der Waals surface area contributed by atoms with Crippen LogP contribution in [0.15, 0.2) is 11.6 Å². The van der Waals surface area contributed by atoms with E-state index in [0.29, 0.717) is 57.4 Å². The van der Waals surface area contributed by atoms with Crippen molar-refractivity contribution in [2.45, 2.75) is 152 Å². The Labute approximate surface area is 336 Å². The van der Waals surface area contributed by atoms with Crippen LogP contribution in [0.2, 0.25) is 0 Å². The molecule has 9 rings (SSSR count). The van der Waals surface area contributed by atoms with Gasteiger partial charge in [-0.1, -0.05) is 19.8 Å².